The fraction of sp³-hybridized carbons (Fsp3) is 0.700. The second-order valence-electron chi connectivity index (χ2n) is 8.59. The predicted octanol–water partition coefficient (Wildman–Crippen LogP) is 6.20. The maximum absolute atomic E-state index is 13.4. The second-order valence-corrected chi connectivity index (χ2v) is 8.59. The molecule has 3 aliphatic rings. The lowest BCUT2D eigenvalue weighted by atomic mass is 9.46. The molecule has 1 aromatic rings. The van der Waals surface area contributed by atoms with Crippen LogP contribution in [0.25, 0.3) is 0 Å². The first-order valence-corrected chi connectivity index (χ1v) is 9.10. The number of hydrogen-bond donors (Lipinski definition) is 0. The highest BCUT2D eigenvalue weighted by molar-refractivity contribution is 5.23. The van der Waals surface area contributed by atoms with Crippen molar-refractivity contribution in [3.05, 3.63) is 35.1 Å². The van der Waals surface area contributed by atoms with Gasteiger partial charge >= 0.3 is 0 Å². The summed E-state index contributed by atoms with van der Waals surface area (Å²) in [4.78, 5) is 0. The molecule has 0 nitrogen and oxygen atoms in total. The van der Waals surface area contributed by atoms with Crippen LogP contribution in [0.15, 0.2) is 12.1 Å². The molecule has 3 fully saturated rings. The van der Waals surface area contributed by atoms with Gasteiger partial charge in [0, 0.05) is 0 Å². The van der Waals surface area contributed by atoms with Crippen LogP contribution < -0.4 is 0 Å². The Kier molecular flexibility index (Phi) is 3.73. The van der Waals surface area contributed by atoms with Crippen molar-refractivity contribution in [1.29, 1.82) is 0 Å². The first kappa shape index (κ1) is 15.5. The van der Waals surface area contributed by atoms with Crippen molar-refractivity contribution in [2.45, 2.75) is 64.2 Å². The maximum atomic E-state index is 13.4. The molecule has 0 aromatic heterocycles. The molecule has 0 amide bonds. The van der Waals surface area contributed by atoms with Crippen LogP contribution in [-0.4, -0.2) is 0 Å². The van der Waals surface area contributed by atoms with E-state index in [1.807, 2.05) is 0 Å². The van der Waals surface area contributed by atoms with Crippen molar-refractivity contribution >= 4 is 0 Å². The van der Waals surface area contributed by atoms with Crippen LogP contribution in [0.2, 0.25) is 0 Å². The van der Waals surface area contributed by atoms with Crippen molar-refractivity contribution in [2.75, 3.05) is 0 Å². The van der Waals surface area contributed by atoms with Crippen molar-refractivity contribution in [3.63, 3.8) is 0 Å². The second kappa shape index (κ2) is 5.53. The minimum atomic E-state index is -1.35. The molecule has 3 aliphatic carbocycles. The molecule has 1 aromatic carbocycles. The quantitative estimate of drug-likeness (QED) is 0.568. The van der Waals surface area contributed by atoms with Gasteiger partial charge in [0.25, 0.3) is 0 Å². The fourth-order valence-electron chi connectivity index (χ4n) is 5.87. The Bertz CT molecular complexity index is 564. The summed E-state index contributed by atoms with van der Waals surface area (Å²) in [5, 5.41) is 0. The third kappa shape index (κ3) is 2.70. The number of rotatable bonds is 2. The smallest absolute Gasteiger partial charge is 0.194 e. The largest absolute Gasteiger partial charge is 0.204 e. The van der Waals surface area contributed by atoms with Gasteiger partial charge in [-0.25, -0.2) is 13.2 Å². The van der Waals surface area contributed by atoms with Crippen molar-refractivity contribution in [2.24, 2.45) is 23.2 Å². The van der Waals surface area contributed by atoms with Crippen LogP contribution in [0.5, 0.6) is 0 Å². The molecule has 1 spiro atoms. The molecular formula is C20H25F3. The monoisotopic (exact) mass is 322 g/mol. The molecule has 0 saturated heterocycles. The molecule has 0 bridgehead atoms. The van der Waals surface area contributed by atoms with Crippen LogP contribution in [0.4, 0.5) is 13.2 Å². The lowest BCUT2D eigenvalue weighted by molar-refractivity contribution is -0.0874. The van der Waals surface area contributed by atoms with E-state index in [1.54, 1.807) is 0 Å². The Morgan fingerprint density at radius 1 is 0.826 bits per heavy atom. The van der Waals surface area contributed by atoms with E-state index in [2.05, 4.69) is 6.92 Å². The Balaban J connectivity index is 1.33. The van der Waals surface area contributed by atoms with Gasteiger partial charge in [0.2, 0.25) is 0 Å². The number of benzene rings is 1. The van der Waals surface area contributed by atoms with Gasteiger partial charge in [-0.15, -0.1) is 0 Å². The molecule has 0 aliphatic heterocycles. The van der Waals surface area contributed by atoms with Crippen LogP contribution in [0, 0.1) is 40.6 Å². The minimum absolute atomic E-state index is 0.189. The molecule has 3 heteroatoms. The molecule has 3 saturated carbocycles. The van der Waals surface area contributed by atoms with Crippen LogP contribution >= 0.6 is 0 Å². The summed E-state index contributed by atoms with van der Waals surface area (Å²) in [6.45, 7) is 2.35. The zero-order valence-corrected chi connectivity index (χ0v) is 13.8. The highest BCUT2D eigenvalue weighted by Crippen LogP contribution is 2.64. The number of hydrogen-bond acceptors (Lipinski definition) is 0. The summed E-state index contributed by atoms with van der Waals surface area (Å²) in [5.41, 5.74) is 1.34. The predicted molar refractivity (Wildman–Crippen MR) is 84.6 cm³/mol. The summed E-state index contributed by atoms with van der Waals surface area (Å²) in [7, 11) is 0. The van der Waals surface area contributed by atoms with E-state index in [0.717, 1.165) is 43.4 Å². The third-order valence-electron chi connectivity index (χ3n) is 6.87. The van der Waals surface area contributed by atoms with Crippen molar-refractivity contribution in [1.82, 2.24) is 0 Å². The van der Waals surface area contributed by atoms with E-state index in [9.17, 15) is 13.2 Å². The summed E-state index contributed by atoms with van der Waals surface area (Å²) in [5.74, 6) is -0.669. The molecule has 0 radical (unpaired) electrons. The normalized spacial score (nSPS) is 39.8. The summed E-state index contributed by atoms with van der Waals surface area (Å²) in [6.07, 6.45) is 9.94. The van der Waals surface area contributed by atoms with E-state index in [-0.39, 0.29) is 5.92 Å². The average molecular weight is 322 g/mol. The van der Waals surface area contributed by atoms with Gasteiger partial charge in [-0.1, -0.05) is 6.92 Å². The zero-order chi connectivity index (χ0) is 16.2. The van der Waals surface area contributed by atoms with Gasteiger partial charge in [-0.2, -0.15) is 0 Å². The van der Waals surface area contributed by atoms with Crippen LogP contribution in [0.3, 0.4) is 0 Å². The molecule has 0 atom stereocenters. The van der Waals surface area contributed by atoms with Gasteiger partial charge in [0.15, 0.2) is 17.5 Å². The van der Waals surface area contributed by atoms with Crippen LogP contribution in [-0.2, 0) is 0 Å². The highest BCUT2D eigenvalue weighted by atomic mass is 19.2. The molecule has 0 N–H and O–H groups in total. The summed E-state index contributed by atoms with van der Waals surface area (Å²) < 4.78 is 39.9. The van der Waals surface area contributed by atoms with E-state index < -0.39 is 17.5 Å². The molecule has 4 rings (SSSR count). The standard InChI is InChI=1S/C20H25F3/c1-12-8-20(9-12)10-16(11-20)14-4-2-13(3-5-14)15-6-17(21)19(23)18(22)7-15/h6-7,12-14,16H,2-5,8-11H2,1H3. The third-order valence-corrected chi connectivity index (χ3v) is 6.87. The Morgan fingerprint density at radius 3 is 1.91 bits per heavy atom. The SMILES string of the molecule is CC1CC2(C1)CC(C1CCC(c3cc(F)c(F)c(F)c3)CC1)C2. The molecule has 0 unspecified atom stereocenters. The number of halogens is 3. The van der Waals surface area contributed by atoms with Gasteiger partial charge in [0.1, 0.15) is 0 Å². The highest BCUT2D eigenvalue weighted by Gasteiger charge is 2.53. The fourth-order valence-corrected chi connectivity index (χ4v) is 5.87. The van der Waals surface area contributed by atoms with E-state index in [0.29, 0.717) is 11.0 Å². The Labute approximate surface area is 136 Å². The van der Waals surface area contributed by atoms with E-state index in [4.69, 9.17) is 0 Å². The summed E-state index contributed by atoms with van der Waals surface area (Å²) in [6, 6.07) is 2.38. The lowest BCUT2D eigenvalue weighted by Gasteiger charge is -2.59. The zero-order valence-electron chi connectivity index (χ0n) is 13.8. The van der Waals surface area contributed by atoms with Gasteiger partial charge in [-0.05, 0) is 98.1 Å². The lowest BCUT2D eigenvalue weighted by Crippen LogP contribution is -2.49. The van der Waals surface area contributed by atoms with Gasteiger partial charge in [0.05, 0.1) is 0 Å². The topological polar surface area (TPSA) is 0 Å². The minimum Gasteiger partial charge on any atom is -0.204 e. The van der Waals surface area contributed by atoms with E-state index >= 15 is 0 Å². The molecule has 126 valence electrons. The summed E-state index contributed by atoms with van der Waals surface area (Å²) >= 11 is 0. The van der Waals surface area contributed by atoms with Gasteiger partial charge in [-0.3, -0.25) is 0 Å². The molecule has 0 heterocycles. The van der Waals surface area contributed by atoms with Gasteiger partial charge < -0.3 is 0 Å². The first-order valence-electron chi connectivity index (χ1n) is 9.10. The maximum Gasteiger partial charge on any atom is 0.194 e. The van der Waals surface area contributed by atoms with Crippen molar-refractivity contribution < 1.29 is 13.2 Å². The van der Waals surface area contributed by atoms with Crippen LogP contribution in [0.1, 0.15) is 69.8 Å². The average Bonchev–Trinajstić information content (AvgIpc) is 2.47. The molecule has 23 heavy (non-hydrogen) atoms. The Hall–Kier alpha value is -0.990. The molecular weight excluding hydrogens is 297 g/mol. The Morgan fingerprint density at radius 2 is 1.39 bits per heavy atom. The van der Waals surface area contributed by atoms with E-state index in [1.165, 1.54) is 37.8 Å². The van der Waals surface area contributed by atoms with Crippen molar-refractivity contribution in [3.8, 4) is 0 Å². The first-order chi connectivity index (χ1) is 11.0.